The van der Waals surface area contributed by atoms with Crippen LogP contribution < -0.4 is 0 Å². The highest BCUT2D eigenvalue weighted by Gasteiger charge is 2.22. The molecule has 13 aromatic rings. The Balaban J connectivity index is 0.00000335. The van der Waals surface area contributed by atoms with Gasteiger partial charge in [0.15, 0.2) is 0 Å². The number of hydrogen-bond donors (Lipinski definition) is 0. The maximum Gasteiger partial charge on any atom is 0.136 e. The second kappa shape index (κ2) is 10.9. The minimum absolute atomic E-state index is 0. The lowest BCUT2D eigenvalue weighted by Gasteiger charge is -2.18. The van der Waals surface area contributed by atoms with Gasteiger partial charge in [-0.15, -0.1) is 0 Å². The normalized spacial score (nSPS) is 12.2. The molecule has 5 heteroatoms. The summed E-state index contributed by atoms with van der Waals surface area (Å²) in [6.07, 6.45) is 0. The molecule has 0 amide bonds. The van der Waals surface area contributed by atoms with Crippen LogP contribution in [0.2, 0.25) is 0 Å². The zero-order valence-electron chi connectivity index (χ0n) is 29.2. The van der Waals surface area contributed by atoms with E-state index in [0.29, 0.717) is 0 Å². The van der Waals surface area contributed by atoms with E-state index in [4.69, 9.17) is 17.7 Å². The molecular weight excluding hydrogens is 675 g/mol. The average molecular weight is 702 g/mol. The summed E-state index contributed by atoms with van der Waals surface area (Å²) >= 11 is 0. The molecule has 0 unspecified atom stereocenters. The van der Waals surface area contributed by atoms with Crippen molar-refractivity contribution < 1.29 is 17.7 Å². The van der Waals surface area contributed by atoms with Crippen LogP contribution in [0.5, 0.6) is 0 Å². The molecule has 0 fully saturated rings. The summed E-state index contributed by atoms with van der Waals surface area (Å²) in [6, 6.07) is 55.4. The average Bonchev–Trinajstić information content (AvgIpc) is 3.98. The smallest absolute Gasteiger partial charge is 0.136 e. The molecule has 4 aromatic heterocycles. The van der Waals surface area contributed by atoms with E-state index in [1.165, 1.54) is 32.7 Å². The first-order valence-electron chi connectivity index (χ1n) is 18.2. The molecule has 0 saturated carbocycles. The van der Waals surface area contributed by atoms with Crippen LogP contribution in [0.3, 0.4) is 0 Å². The summed E-state index contributed by atoms with van der Waals surface area (Å²) in [5.41, 5.74) is 11.6. The van der Waals surface area contributed by atoms with Crippen LogP contribution in [0.1, 0.15) is 0 Å². The van der Waals surface area contributed by atoms with Crippen LogP contribution in [-0.2, 0) is 0 Å². The predicted octanol–water partition coefficient (Wildman–Crippen LogP) is 14.5. The highest BCUT2D eigenvalue weighted by molar-refractivity contribution is 6.29. The fourth-order valence-corrected chi connectivity index (χ4v) is 9.23. The Morgan fingerprint density at radius 2 is 0.509 bits per heavy atom. The molecule has 55 heavy (non-hydrogen) atoms. The second-order valence-electron chi connectivity index (χ2n) is 14.3. The van der Waals surface area contributed by atoms with Crippen LogP contribution in [-0.4, -0.2) is 8.41 Å². The summed E-state index contributed by atoms with van der Waals surface area (Å²) in [5, 5.41) is 13.5. The van der Waals surface area contributed by atoms with Crippen molar-refractivity contribution in [2.45, 2.75) is 0 Å². The molecule has 3 radical (unpaired) electrons. The van der Waals surface area contributed by atoms with Gasteiger partial charge in [0.2, 0.25) is 0 Å². The van der Waals surface area contributed by atoms with Crippen LogP contribution in [0, 0.1) is 0 Å². The lowest BCUT2D eigenvalue weighted by Crippen LogP contribution is -1.90. The molecule has 9 aromatic carbocycles. The fraction of sp³-hybridized carbons (Fsp3) is 0. The van der Waals surface area contributed by atoms with Gasteiger partial charge in [-0.3, -0.25) is 0 Å². The molecule has 253 valence electrons. The van der Waals surface area contributed by atoms with Crippen molar-refractivity contribution in [3.05, 3.63) is 158 Å². The topological polar surface area (TPSA) is 52.6 Å². The third-order valence-corrected chi connectivity index (χ3v) is 11.5. The summed E-state index contributed by atoms with van der Waals surface area (Å²) in [4.78, 5) is 0. The molecule has 0 spiro atoms. The summed E-state index contributed by atoms with van der Waals surface area (Å²) < 4.78 is 25.5. The second-order valence-corrected chi connectivity index (χ2v) is 14.3. The van der Waals surface area contributed by atoms with Gasteiger partial charge in [-0.2, -0.15) is 0 Å². The van der Waals surface area contributed by atoms with Gasteiger partial charge in [0, 0.05) is 51.5 Å². The SMILES string of the molecule is [B].c1ccc2c(c1)oc1ccc3oc4ccc(-c5c6ccccc6c(-c6ccc7oc8ccc9oc%10ccccc%10c9c8c7c6)c6ccccc56)cc4c3c12. The first-order chi connectivity index (χ1) is 26.8. The Hall–Kier alpha value is -7.24. The van der Waals surface area contributed by atoms with E-state index < -0.39 is 0 Å². The Kier molecular flexibility index (Phi) is 6.00. The van der Waals surface area contributed by atoms with Crippen molar-refractivity contribution in [3.63, 3.8) is 0 Å². The Labute approximate surface area is 314 Å². The van der Waals surface area contributed by atoms with Crippen molar-refractivity contribution in [1.29, 1.82) is 0 Å². The largest absolute Gasteiger partial charge is 0.456 e. The van der Waals surface area contributed by atoms with E-state index >= 15 is 0 Å². The lowest BCUT2D eigenvalue weighted by molar-refractivity contribution is 0.663. The maximum absolute atomic E-state index is 6.47. The molecule has 0 N–H and O–H groups in total. The van der Waals surface area contributed by atoms with E-state index in [1.807, 2.05) is 48.5 Å². The van der Waals surface area contributed by atoms with Crippen molar-refractivity contribution >= 4 is 118 Å². The molecule has 0 aliphatic carbocycles. The van der Waals surface area contributed by atoms with E-state index in [2.05, 4.69) is 109 Å². The van der Waals surface area contributed by atoms with E-state index in [1.54, 1.807) is 0 Å². The van der Waals surface area contributed by atoms with Gasteiger partial charge < -0.3 is 17.7 Å². The molecule has 0 aliphatic rings. The van der Waals surface area contributed by atoms with E-state index in [0.717, 1.165) is 98.9 Å². The predicted molar refractivity (Wildman–Crippen MR) is 227 cm³/mol. The van der Waals surface area contributed by atoms with Gasteiger partial charge in [0.25, 0.3) is 0 Å². The van der Waals surface area contributed by atoms with Crippen LogP contribution >= 0.6 is 0 Å². The summed E-state index contributed by atoms with van der Waals surface area (Å²) in [6.45, 7) is 0. The standard InChI is InChI=1S/C50H26O4.B/c1-2-10-30-29(9-1)45(27-17-19-39-35(25-27)49-43(53-39)23-21-41-47(49)33-13-5-7-15-37(33)51-41)31-11-3-4-12-32(31)46(30)28-18-20-40-36(26-28)50-44(54-40)24-22-42-48(50)34-14-6-8-16-38(34)52-42;/h1-26H;. The highest BCUT2D eigenvalue weighted by Crippen LogP contribution is 2.48. The molecular formula is C50H26BO4. The van der Waals surface area contributed by atoms with E-state index in [-0.39, 0.29) is 8.41 Å². The zero-order chi connectivity index (χ0) is 35.1. The van der Waals surface area contributed by atoms with Crippen molar-refractivity contribution in [2.24, 2.45) is 0 Å². The molecule has 0 saturated heterocycles. The Bertz CT molecular complexity index is 3440. The minimum atomic E-state index is 0. The number of benzene rings is 9. The highest BCUT2D eigenvalue weighted by atomic mass is 16.3. The Morgan fingerprint density at radius 1 is 0.236 bits per heavy atom. The van der Waals surface area contributed by atoms with Gasteiger partial charge in [0.05, 0.1) is 0 Å². The lowest BCUT2D eigenvalue weighted by atomic mass is 9.85. The van der Waals surface area contributed by atoms with Gasteiger partial charge >= 0.3 is 0 Å². The summed E-state index contributed by atoms with van der Waals surface area (Å²) in [7, 11) is 0. The van der Waals surface area contributed by atoms with Gasteiger partial charge in [0.1, 0.15) is 44.7 Å². The van der Waals surface area contributed by atoms with Crippen LogP contribution in [0.15, 0.2) is 175 Å². The van der Waals surface area contributed by atoms with Crippen molar-refractivity contribution in [2.75, 3.05) is 0 Å². The third kappa shape index (κ3) is 4.02. The van der Waals surface area contributed by atoms with E-state index in [9.17, 15) is 0 Å². The molecule has 0 bridgehead atoms. The molecule has 4 nitrogen and oxygen atoms in total. The third-order valence-electron chi connectivity index (χ3n) is 11.5. The number of furan rings is 4. The minimum Gasteiger partial charge on any atom is -0.456 e. The molecule has 0 aliphatic heterocycles. The number of rotatable bonds is 2. The first kappa shape index (κ1) is 30.2. The van der Waals surface area contributed by atoms with Crippen LogP contribution in [0.4, 0.5) is 0 Å². The maximum atomic E-state index is 6.47. The van der Waals surface area contributed by atoms with Gasteiger partial charge in [-0.1, -0.05) is 97.1 Å². The number of para-hydroxylation sites is 2. The quantitative estimate of drug-likeness (QED) is 0.133. The van der Waals surface area contributed by atoms with Gasteiger partial charge in [-0.05, 0) is 104 Å². The van der Waals surface area contributed by atoms with Crippen LogP contribution in [0.25, 0.3) is 132 Å². The monoisotopic (exact) mass is 701 g/mol. The number of fused-ring (bicyclic) bond motifs is 16. The fourth-order valence-electron chi connectivity index (χ4n) is 9.23. The molecule has 13 rings (SSSR count). The first-order valence-corrected chi connectivity index (χ1v) is 18.2. The van der Waals surface area contributed by atoms with Crippen molar-refractivity contribution in [1.82, 2.24) is 0 Å². The summed E-state index contributed by atoms with van der Waals surface area (Å²) in [5.74, 6) is 0. The van der Waals surface area contributed by atoms with Crippen molar-refractivity contribution in [3.8, 4) is 22.3 Å². The number of hydrogen-bond acceptors (Lipinski definition) is 4. The molecule has 4 heterocycles. The van der Waals surface area contributed by atoms with Gasteiger partial charge in [-0.25, -0.2) is 0 Å². The Morgan fingerprint density at radius 3 is 0.873 bits per heavy atom. The zero-order valence-corrected chi connectivity index (χ0v) is 29.2. The molecule has 0 atom stereocenters.